The van der Waals surface area contributed by atoms with Crippen LogP contribution in [0.25, 0.3) is 0 Å². The van der Waals surface area contributed by atoms with E-state index in [1.807, 2.05) is 0 Å². The van der Waals surface area contributed by atoms with Gasteiger partial charge in [-0.25, -0.2) is 4.98 Å². The van der Waals surface area contributed by atoms with Gasteiger partial charge in [0.15, 0.2) is 5.82 Å². The van der Waals surface area contributed by atoms with Crippen LogP contribution < -0.4 is 5.73 Å². The van der Waals surface area contributed by atoms with Gasteiger partial charge in [0.05, 0.1) is 11.9 Å². The normalized spacial score (nSPS) is 16.1. The fourth-order valence-corrected chi connectivity index (χ4v) is 1.30. The van der Waals surface area contributed by atoms with E-state index in [-0.39, 0.29) is 0 Å². The van der Waals surface area contributed by atoms with Crippen LogP contribution in [-0.4, -0.2) is 21.7 Å². The Kier molecular flexibility index (Phi) is 2.49. The van der Waals surface area contributed by atoms with Crippen molar-refractivity contribution in [1.82, 2.24) is 15.2 Å². The summed E-state index contributed by atoms with van der Waals surface area (Å²) in [6.07, 6.45) is 6.09. The Balaban J connectivity index is 2.03. The summed E-state index contributed by atoms with van der Waals surface area (Å²) in [4.78, 5) is 4.44. The van der Waals surface area contributed by atoms with Crippen molar-refractivity contribution >= 4 is 0 Å². The van der Waals surface area contributed by atoms with Crippen LogP contribution in [0, 0.1) is 0 Å². The highest BCUT2D eigenvalue weighted by molar-refractivity contribution is 5.10. The lowest BCUT2D eigenvalue weighted by molar-refractivity contribution is 0.734. The lowest BCUT2D eigenvalue weighted by Crippen LogP contribution is -2.05. The molecule has 2 N–H and O–H groups in total. The minimum Gasteiger partial charge on any atom is -0.330 e. The molecule has 0 radical (unpaired) electrons. The predicted molar refractivity (Wildman–Crippen MR) is 49.2 cm³/mol. The summed E-state index contributed by atoms with van der Waals surface area (Å²) in [5.41, 5.74) is 6.52. The fourth-order valence-electron chi connectivity index (χ4n) is 1.30. The van der Waals surface area contributed by atoms with Gasteiger partial charge in [0, 0.05) is 12.3 Å². The first-order chi connectivity index (χ1) is 6.40. The molecule has 0 spiro atoms. The van der Waals surface area contributed by atoms with E-state index in [4.69, 9.17) is 5.73 Å². The van der Waals surface area contributed by atoms with Gasteiger partial charge in [-0.15, -0.1) is 5.10 Å². The highest BCUT2D eigenvalue weighted by Crippen LogP contribution is 2.38. The van der Waals surface area contributed by atoms with Crippen LogP contribution in [-0.2, 0) is 6.42 Å². The Labute approximate surface area is 77.6 Å². The molecule has 0 bridgehead atoms. The van der Waals surface area contributed by atoms with Gasteiger partial charge in [0.1, 0.15) is 0 Å². The van der Waals surface area contributed by atoms with Gasteiger partial charge in [0.2, 0.25) is 0 Å². The van der Waals surface area contributed by atoms with Crippen molar-refractivity contribution < 1.29 is 0 Å². The Hall–Kier alpha value is -1.03. The molecule has 1 aliphatic rings. The van der Waals surface area contributed by atoms with E-state index >= 15 is 0 Å². The van der Waals surface area contributed by atoms with E-state index in [2.05, 4.69) is 15.2 Å². The zero-order chi connectivity index (χ0) is 9.10. The molecule has 1 aromatic heterocycles. The van der Waals surface area contributed by atoms with Crippen LogP contribution in [0.5, 0.6) is 0 Å². The summed E-state index contributed by atoms with van der Waals surface area (Å²) < 4.78 is 0. The molecule has 0 atom stereocenters. The molecular weight excluding hydrogens is 164 g/mol. The van der Waals surface area contributed by atoms with Gasteiger partial charge in [-0.2, -0.15) is 5.10 Å². The van der Waals surface area contributed by atoms with Crippen molar-refractivity contribution in [3.05, 3.63) is 17.7 Å². The number of hydrogen-bond donors (Lipinski definition) is 1. The predicted octanol–water partition coefficient (Wildman–Crippen LogP) is 0.640. The molecule has 1 fully saturated rings. The van der Waals surface area contributed by atoms with Gasteiger partial charge < -0.3 is 5.73 Å². The molecule has 1 aromatic rings. The Morgan fingerprint density at radius 1 is 1.46 bits per heavy atom. The van der Waals surface area contributed by atoms with Gasteiger partial charge in [-0.3, -0.25) is 0 Å². The van der Waals surface area contributed by atoms with Crippen molar-refractivity contribution in [2.24, 2.45) is 5.73 Å². The maximum Gasteiger partial charge on any atom is 0.151 e. The number of rotatable bonds is 4. The summed E-state index contributed by atoms with van der Waals surface area (Å²) in [7, 11) is 0. The first-order valence-electron chi connectivity index (χ1n) is 4.78. The molecule has 13 heavy (non-hydrogen) atoms. The summed E-state index contributed by atoms with van der Waals surface area (Å²) in [5.74, 6) is 1.50. The largest absolute Gasteiger partial charge is 0.330 e. The van der Waals surface area contributed by atoms with Crippen molar-refractivity contribution in [3.63, 3.8) is 0 Å². The minimum absolute atomic E-state index is 0.659. The van der Waals surface area contributed by atoms with E-state index in [1.165, 1.54) is 12.8 Å². The zero-order valence-electron chi connectivity index (χ0n) is 7.61. The maximum atomic E-state index is 5.41. The lowest BCUT2D eigenvalue weighted by Gasteiger charge is -1.99. The van der Waals surface area contributed by atoms with Gasteiger partial charge in [-0.05, 0) is 25.8 Å². The third kappa shape index (κ3) is 2.21. The standard InChI is InChI=1S/C9H14N4/c10-5-1-2-9-12-8(6-11-13-9)7-3-4-7/h6-7H,1-5,10H2. The number of nitrogens with zero attached hydrogens (tertiary/aromatic N) is 3. The Morgan fingerprint density at radius 2 is 2.31 bits per heavy atom. The number of aryl methyl sites for hydroxylation is 1. The van der Waals surface area contributed by atoms with Crippen molar-refractivity contribution in [2.75, 3.05) is 6.54 Å². The van der Waals surface area contributed by atoms with Crippen molar-refractivity contribution in [2.45, 2.75) is 31.6 Å². The summed E-state index contributed by atoms with van der Waals surface area (Å²) in [6, 6.07) is 0. The summed E-state index contributed by atoms with van der Waals surface area (Å²) >= 11 is 0. The molecule has 70 valence electrons. The molecule has 0 aromatic carbocycles. The summed E-state index contributed by atoms with van der Waals surface area (Å²) in [6.45, 7) is 0.691. The van der Waals surface area contributed by atoms with Crippen LogP contribution >= 0.6 is 0 Å². The van der Waals surface area contributed by atoms with Crippen LogP contribution in [0.4, 0.5) is 0 Å². The maximum absolute atomic E-state index is 5.41. The lowest BCUT2D eigenvalue weighted by atomic mass is 10.3. The van der Waals surface area contributed by atoms with Gasteiger partial charge in [-0.1, -0.05) is 0 Å². The molecule has 0 unspecified atom stereocenters. The molecule has 0 amide bonds. The quantitative estimate of drug-likeness (QED) is 0.734. The number of hydrogen-bond acceptors (Lipinski definition) is 4. The van der Waals surface area contributed by atoms with E-state index in [0.717, 1.165) is 24.4 Å². The molecule has 1 aliphatic carbocycles. The second-order valence-corrected chi connectivity index (χ2v) is 3.46. The SMILES string of the molecule is NCCCc1nncc(C2CC2)n1. The molecule has 4 nitrogen and oxygen atoms in total. The van der Waals surface area contributed by atoms with Gasteiger partial charge >= 0.3 is 0 Å². The number of aromatic nitrogens is 3. The average Bonchev–Trinajstić information content (AvgIpc) is 2.98. The molecule has 0 aliphatic heterocycles. The highest BCUT2D eigenvalue weighted by Gasteiger charge is 2.25. The minimum atomic E-state index is 0.659. The van der Waals surface area contributed by atoms with E-state index in [1.54, 1.807) is 6.20 Å². The van der Waals surface area contributed by atoms with E-state index in [0.29, 0.717) is 12.5 Å². The molecular formula is C9H14N4. The zero-order valence-corrected chi connectivity index (χ0v) is 7.61. The van der Waals surface area contributed by atoms with Crippen molar-refractivity contribution in [1.29, 1.82) is 0 Å². The second kappa shape index (κ2) is 3.79. The van der Waals surface area contributed by atoms with Crippen LogP contribution in [0.1, 0.15) is 36.7 Å². The molecule has 4 heteroatoms. The van der Waals surface area contributed by atoms with E-state index in [9.17, 15) is 0 Å². The fraction of sp³-hybridized carbons (Fsp3) is 0.667. The van der Waals surface area contributed by atoms with Crippen LogP contribution in [0.3, 0.4) is 0 Å². The molecule has 1 saturated carbocycles. The molecule has 0 saturated heterocycles. The van der Waals surface area contributed by atoms with Crippen LogP contribution in [0.15, 0.2) is 6.20 Å². The highest BCUT2D eigenvalue weighted by atomic mass is 15.1. The van der Waals surface area contributed by atoms with E-state index < -0.39 is 0 Å². The summed E-state index contributed by atoms with van der Waals surface area (Å²) in [5, 5.41) is 7.92. The smallest absolute Gasteiger partial charge is 0.151 e. The second-order valence-electron chi connectivity index (χ2n) is 3.46. The topological polar surface area (TPSA) is 64.7 Å². The first-order valence-corrected chi connectivity index (χ1v) is 4.78. The first kappa shape index (κ1) is 8.56. The third-order valence-corrected chi connectivity index (χ3v) is 2.22. The third-order valence-electron chi connectivity index (χ3n) is 2.22. The van der Waals surface area contributed by atoms with Gasteiger partial charge in [0.25, 0.3) is 0 Å². The Bertz CT molecular complexity index is 283. The average molecular weight is 178 g/mol. The number of nitrogens with two attached hydrogens (primary N) is 1. The molecule has 1 heterocycles. The monoisotopic (exact) mass is 178 g/mol. The van der Waals surface area contributed by atoms with Crippen molar-refractivity contribution in [3.8, 4) is 0 Å². The Morgan fingerprint density at radius 3 is 3.00 bits per heavy atom. The molecule has 2 rings (SSSR count). The van der Waals surface area contributed by atoms with Crippen LogP contribution in [0.2, 0.25) is 0 Å².